The fourth-order valence-electron chi connectivity index (χ4n) is 2.93. The topological polar surface area (TPSA) is 43.8 Å². The van der Waals surface area contributed by atoms with Crippen LogP contribution in [0.5, 0.6) is 5.75 Å². The highest BCUT2D eigenvalue weighted by atomic mass is 16.3. The van der Waals surface area contributed by atoms with Gasteiger partial charge >= 0.3 is 0 Å². The van der Waals surface area contributed by atoms with Crippen molar-refractivity contribution in [2.45, 2.75) is 6.04 Å². The molecule has 1 amide bonds. The molecule has 0 aliphatic carbocycles. The molecule has 3 rings (SSSR count). The SMILES string of the molecule is CN1CCN(C(=O)c2ccccc2O)C(c2ccccc2)C1. The van der Waals surface area contributed by atoms with Gasteiger partial charge in [-0.3, -0.25) is 4.79 Å². The molecular formula is C18H20N2O2. The zero-order valence-corrected chi connectivity index (χ0v) is 12.6. The van der Waals surface area contributed by atoms with Crippen molar-refractivity contribution in [1.82, 2.24) is 9.80 Å². The zero-order chi connectivity index (χ0) is 15.5. The Morgan fingerprint density at radius 2 is 1.73 bits per heavy atom. The summed E-state index contributed by atoms with van der Waals surface area (Å²) in [6, 6.07) is 16.8. The molecule has 0 spiro atoms. The smallest absolute Gasteiger partial charge is 0.258 e. The van der Waals surface area contributed by atoms with Crippen LogP contribution in [0.15, 0.2) is 54.6 Å². The molecule has 0 aromatic heterocycles. The molecule has 1 unspecified atom stereocenters. The Morgan fingerprint density at radius 3 is 2.45 bits per heavy atom. The first kappa shape index (κ1) is 14.6. The maximum atomic E-state index is 12.9. The molecule has 1 aliphatic heterocycles. The van der Waals surface area contributed by atoms with E-state index in [9.17, 15) is 9.90 Å². The van der Waals surface area contributed by atoms with Gasteiger partial charge in [-0.25, -0.2) is 0 Å². The predicted octanol–water partition coefficient (Wildman–Crippen LogP) is 2.52. The minimum atomic E-state index is -0.111. The number of nitrogens with zero attached hydrogens (tertiary/aromatic N) is 2. The lowest BCUT2D eigenvalue weighted by Gasteiger charge is -2.40. The highest BCUT2D eigenvalue weighted by Gasteiger charge is 2.31. The summed E-state index contributed by atoms with van der Waals surface area (Å²) in [6.45, 7) is 2.29. The summed E-state index contributed by atoms with van der Waals surface area (Å²) < 4.78 is 0. The first-order valence-corrected chi connectivity index (χ1v) is 7.49. The zero-order valence-electron chi connectivity index (χ0n) is 12.6. The average Bonchev–Trinajstić information content (AvgIpc) is 2.55. The molecule has 1 heterocycles. The van der Waals surface area contributed by atoms with Gasteiger partial charge in [0.15, 0.2) is 0 Å². The summed E-state index contributed by atoms with van der Waals surface area (Å²) in [5, 5.41) is 9.96. The number of phenolic OH excluding ortho intramolecular Hbond substituents is 1. The Morgan fingerprint density at radius 1 is 1.05 bits per heavy atom. The summed E-state index contributed by atoms with van der Waals surface area (Å²) in [6.07, 6.45) is 0. The third-order valence-electron chi connectivity index (χ3n) is 4.16. The van der Waals surface area contributed by atoms with E-state index < -0.39 is 0 Å². The van der Waals surface area contributed by atoms with Crippen molar-refractivity contribution < 1.29 is 9.90 Å². The second-order valence-electron chi connectivity index (χ2n) is 5.70. The van der Waals surface area contributed by atoms with Crippen LogP contribution in [0.25, 0.3) is 0 Å². The standard InChI is InChI=1S/C18H20N2O2/c1-19-11-12-20(16(13-19)14-7-3-2-4-8-14)18(22)15-9-5-6-10-17(15)21/h2-10,16,21H,11-13H2,1H3. The summed E-state index contributed by atoms with van der Waals surface area (Å²) in [5.74, 6) is -0.0710. The average molecular weight is 296 g/mol. The number of hydrogen-bond acceptors (Lipinski definition) is 3. The lowest BCUT2D eigenvalue weighted by Crippen LogP contribution is -2.49. The maximum Gasteiger partial charge on any atom is 0.258 e. The van der Waals surface area contributed by atoms with E-state index in [1.807, 2.05) is 23.1 Å². The number of piperazine rings is 1. The Hall–Kier alpha value is -2.33. The molecule has 1 fully saturated rings. The van der Waals surface area contributed by atoms with Gasteiger partial charge in [-0.2, -0.15) is 0 Å². The van der Waals surface area contributed by atoms with E-state index in [4.69, 9.17) is 0 Å². The number of carbonyl (C=O) groups is 1. The highest BCUT2D eigenvalue weighted by Crippen LogP contribution is 2.28. The molecule has 1 aliphatic rings. The molecule has 0 bridgehead atoms. The number of carbonyl (C=O) groups excluding carboxylic acids is 1. The molecule has 4 heteroatoms. The number of amides is 1. The van der Waals surface area contributed by atoms with Crippen LogP contribution in [0.3, 0.4) is 0 Å². The van der Waals surface area contributed by atoms with Crippen LogP contribution in [-0.4, -0.2) is 47.5 Å². The van der Waals surface area contributed by atoms with Gasteiger partial charge in [-0.05, 0) is 24.7 Å². The molecule has 1 N–H and O–H groups in total. The molecule has 114 valence electrons. The van der Waals surface area contributed by atoms with Gasteiger partial charge < -0.3 is 14.9 Å². The van der Waals surface area contributed by atoms with E-state index in [2.05, 4.69) is 24.1 Å². The van der Waals surface area contributed by atoms with Crippen LogP contribution < -0.4 is 0 Å². The number of hydrogen-bond donors (Lipinski definition) is 1. The van der Waals surface area contributed by atoms with Crippen LogP contribution >= 0.6 is 0 Å². The Kier molecular flexibility index (Phi) is 4.11. The van der Waals surface area contributed by atoms with Crippen LogP contribution in [0, 0.1) is 0 Å². The number of likely N-dealkylation sites (N-methyl/N-ethyl adjacent to an activating group) is 1. The summed E-state index contributed by atoms with van der Waals surface area (Å²) >= 11 is 0. The molecule has 0 radical (unpaired) electrons. The van der Waals surface area contributed by atoms with Crippen LogP contribution in [-0.2, 0) is 0 Å². The third kappa shape index (κ3) is 2.83. The summed E-state index contributed by atoms with van der Waals surface area (Å²) in [5.41, 5.74) is 1.49. The Bertz CT molecular complexity index is 657. The van der Waals surface area contributed by atoms with E-state index in [1.165, 1.54) is 0 Å². The van der Waals surface area contributed by atoms with Gasteiger partial charge in [0.05, 0.1) is 11.6 Å². The van der Waals surface area contributed by atoms with Crippen LogP contribution in [0.2, 0.25) is 0 Å². The minimum Gasteiger partial charge on any atom is -0.507 e. The van der Waals surface area contributed by atoms with Gasteiger partial charge in [0.1, 0.15) is 5.75 Å². The van der Waals surface area contributed by atoms with Gasteiger partial charge in [0, 0.05) is 19.6 Å². The highest BCUT2D eigenvalue weighted by molar-refractivity contribution is 5.97. The maximum absolute atomic E-state index is 12.9. The number of rotatable bonds is 2. The Labute approximate surface area is 130 Å². The lowest BCUT2D eigenvalue weighted by molar-refractivity contribution is 0.0495. The second kappa shape index (κ2) is 6.20. The monoisotopic (exact) mass is 296 g/mol. The molecule has 1 atom stereocenters. The molecular weight excluding hydrogens is 276 g/mol. The summed E-state index contributed by atoms with van der Waals surface area (Å²) in [4.78, 5) is 17.0. The van der Waals surface area contributed by atoms with E-state index >= 15 is 0 Å². The molecule has 2 aromatic rings. The van der Waals surface area contributed by atoms with E-state index in [0.717, 1.165) is 18.7 Å². The second-order valence-corrected chi connectivity index (χ2v) is 5.70. The molecule has 2 aromatic carbocycles. The van der Waals surface area contributed by atoms with Gasteiger partial charge in [0.25, 0.3) is 5.91 Å². The van der Waals surface area contributed by atoms with Gasteiger partial charge in [-0.1, -0.05) is 42.5 Å². The van der Waals surface area contributed by atoms with Crippen molar-refractivity contribution in [1.29, 1.82) is 0 Å². The molecule has 0 saturated carbocycles. The summed E-state index contributed by atoms with van der Waals surface area (Å²) in [7, 11) is 2.07. The molecule has 4 nitrogen and oxygen atoms in total. The minimum absolute atomic E-state index is 0.00653. The van der Waals surface area contributed by atoms with E-state index in [-0.39, 0.29) is 17.7 Å². The molecule has 22 heavy (non-hydrogen) atoms. The predicted molar refractivity (Wildman–Crippen MR) is 85.8 cm³/mol. The van der Waals surface area contributed by atoms with Crippen LogP contribution in [0.4, 0.5) is 0 Å². The number of para-hydroxylation sites is 1. The fourth-order valence-corrected chi connectivity index (χ4v) is 2.93. The normalized spacial score (nSPS) is 19.1. The van der Waals surface area contributed by atoms with Crippen molar-refractivity contribution in [3.63, 3.8) is 0 Å². The van der Waals surface area contributed by atoms with Crippen molar-refractivity contribution in [2.75, 3.05) is 26.7 Å². The largest absolute Gasteiger partial charge is 0.507 e. The number of phenols is 1. The third-order valence-corrected chi connectivity index (χ3v) is 4.16. The van der Waals surface area contributed by atoms with Gasteiger partial charge in [0.2, 0.25) is 0 Å². The van der Waals surface area contributed by atoms with Crippen molar-refractivity contribution in [3.8, 4) is 5.75 Å². The van der Waals surface area contributed by atoms with Crippen molar-refractivity contribution in [3.05, 3.63) is 65.7 Å². The quantitative estimate of drug-likeness (QED) is 0.926. The van der Waals surface area contributed by atoms with Crippen LogP contribution in [0.1, 0.15) is 22.0 Å². The first-order chi connectivity index (χ1) is 10.7. The number of aromatic hydroxyl groups is 1. The first-order valence-electron chi connectivity index (χ1n) is 7.49. The fraction of sp³-hybridized carbons (Fsp3) is 0.278. The van der Waals surface area contributed by atoms with Crippen molar-refractivity contribution in [2.24, 2.45) is 0 Å². The number of benzene rings is 2. The Balaban J connectivity index is 1.93. The van der Waals surface area contributed by atoms with E-state index in [0.29, 0.717) is 12.1 Å². The lowest BCUT2D eigenvalue weighted by atomic mass is 10.0. The van der Waals surface area contributed by atoms with E-state index in [1.54, 1.807) is 24.3 Å². The van der Waals surface area contributed by atoms with Gasteiger partial charge in [-0.15, -0.1) is 0 Å². The molecule has 1 saturated heterocycles. The van der Waals surface area contributed by atoms with Crippen molar-refractivity contribution >= 4 is 5.91 Å².